The standard InChI is InChI=1S/C20H14N2O4/c23-22(24)16-8-11-18-19(12-16)26-20(21-18)15-6-9-17(10-7-15)25-13-14-4-2-1-3-5-14/h1-12H,13H2. The molecule has 0 amide bonds. The molecule has 26 heavy (non-hydrogen) atoms. The summed E-state index contributed by atoms with van der Waals surface area (Å²) in [6.07, 6.45) is 0. The summed E-state index contributed by atoms with van der Waals surface area (Å²) in [6.45, 7) is 0.493. The maximum Gasteiger partial charge on any atom is 0.273 e. The van der Waals surface area contributed by atoms with E-state index >= 15 is 0 Å². The Morgan fingerprint density at radius 3 is 2.50 bits per heavy atom. The highest BCUT2D eigenvalue weighted by Crippen LogP contribution is 2.28. The summed E-state index contributed by atoms with van der Waals surface area (Å²) in [5.41, 5.74) is 2.81. The maximum atomic E-state index is 10.9. The van der Waals surface area contributed by atoms with Crippen molar-refractivity contribution in [2.75, 3.05) is 0 Å². The van der Waals surface area contributed by atoms with Gasteiger partial charge in [0, 0.05) is 11.6 Å². The average molecular weight is 346 g/mol. The number of hydrogen-bond acceptors (Lipinski definition) is 5. The van der Waals surface area contributed by atoms with Crippen LogP contribution in [0.1, 0.15) is 5.56 Å². The van der Waals surface area contributed by atoms with Crippen molar-refractivity contribution in [3.05, 3.63) is 88.5 Å². The smallest absolute Gasteiger partial charge is 0.273 e. The number of non-ortho nitro benzene ring substituents is 1. The molecule has 6 heteroatoms. The van der Waals surface area contributed by atoms with Crippen LogP contribution in [0, 0.1) is 10.1 Å². The monoisotopic (exact) mass is 346 g/mol. The third-order valence-electron chi connectivity index (χ3n) is 3.93. The zero-order valence-electron chi connectivity index (χ0n) is 13.7. The molecular weight excluding hydrogens is 332 g/mol. The zero-order chi connectivity index (χ0) is 17.9. The largest absolute Gasteiger partial charge is 0.489 e. The van der Waals surface area contributed by atoms with Gasteiger partial charge in [0.2, 0.25) is 5.89 Å². The van der Waals surface area contributed by atoms with Crippen molar-refractivity contribution in [3.8, 4) is 17.2 Å². The van der Waals surface area contributed by atoms with Crippen LogP contribution in [0.3, 0.4) is 0 Å². The number of benzene rings is 3. The van der Waals surface area contributed by atoms with Gasteiger partial charge in [-0.2, -0.15) is 0 Å². The molecule has 0 aliphatic heterocycles. The number of hydrogen-bond donors (Lipinski definition) is 0. The molecule has 128 valence electrons. The molecular formula is C20H14N2O4. The van der Waals surface area contributed by atoms with Crippen LogP contribution >= 0.6 is 0 Å². The molecule has 0 aliphatic carbocycles. The molecule has 0 N–H and O–H groups in total. The van der Waals surface area contributed by atoms with E-state index in [0.29, 0.717) is 23.6 Å². The lowest BCUT2D eigenvalue weighted by Crippen LogP contribution is -1.94. The van der Waals surface area contributed by atoms with Crippen LogP contribution in [-0.2, 0) is 6.61 Å². The van der Waals surface area contributed by atoms with E-state index in [-0.39, 0.29) is 5.69 Å². The number of fused-ring (bicyclic) bond motifs is 1. The van der Waals surface area contributed by atoms with Crippen LogP contribution in [0.4, 0.5) is 5.69 Å². The van der Waals surface area contributed by atoms with Crippen molar-refractivity contribution in [2.24, 2.45) is 0 Å². The Kier molecular flexibility index (Phi) is 4.07. The van der Waals surface area contributed by atoms with Crippen LogP contribution in [0.25, 0.3) is 22.6 Å². The molecule has 1 heterocycles. The zero-order valence-corrected chi connectivity index (χ0v) is 13.7. The highest BCUT2D eigenvalue weighted by Gasteiger charge is 2.13. The third kappa shape index (κ3) is 3.25. The van der Waals surface area contributed by atoms with Crippen molar-refractivity contribution in [2.45, 2.75) is 6.61 Å². The predicted octanol–water partition coefficient (Wildman–Crippen LogP) is 4.98. The van der Waals surface area contributed by atoms with Gasteiger partial charge in [-0.3, -0.25) is 10.1 Å². The van der Waals surface area contributed by atoms with Crippen molar-refractivity contribution in [1.29, 1.82) is 0 Å². The average Bonchev–Trinajstić information content (AvgIpc) is 3.11. The molecule has 0 saturated heterocycles. The van der Waals surface area contributed by atoms with E-state index in [4.69, 9.17) is 9.15 Å². The third-order valence-corrected chi connectivity index (χ3v) is 3.93. The van der Waals surface area contributed by atoms with E-state index in [9.17, 15) is 10.1 Å². The molecule has 4 rings (SSSR count). The molecule has 0 unspecified atom stereocenters. The van der Waals surface area contributed by atoms with E-state index in [1.165, 1.54) is 12.1 Å². The van der Waals surface area contributed by atoms with Crippen molar-refractivity contribution in [3.63, 3.8) is 0 Å². The van der Waals surface area contributed by atoms with E-state index in [1.807, 2.05) is 54.6 Å². The molecule has 1 aromatic heterocycles. The van der Waals surface area contributed by atoms with Gasteiger partial charge in [-0.25, -0.2) is 4.98 Å². The fourth-order valence-corrected chi connectivity index (χ4v) is 2.58. The second-order valence-electron chi connectivity index (χ2n) is 5.73. The first-order valence-electron chi connectivity index (χ1n) is 8.01. The molecule has 0 atom stereocenters. The summed E-state index contributed by atoms with van der Waals surface area (Å²) < 4.78 is 11.4. The van der Waals surface area contributed by atoms with E-state index < -0.39 is 4.92 Å². The number of rotatable bonds is 5. The second-order valence-corrected chi connectivity index (χ2v) is 5.73. The summed E-state index contributed by atoms with van der Waals surface area (Å²) in [4.78, 5) is 14.8. The van der Waals surface area contributed by atoms with Crippen molar-refractivity contribution in [1.82, 2.24) is 4.98 Å². The minimum Gasteiger partial charge on any atom is -0.489 e. The Hall–Kier alpha value is -3.67. The summed E-state index contributed by atoms with van der Waals surface area (Å²) >= 11 is 0. The lowest BCUT2D eigenvalue weighted by atomic mass is 10.2. The predicted molar refractivity (Wildman–Crippen MR) is 96.9 cm³/mol. The minimum atomic E-state index is -0.458. The van der Waals surface area contributed by atoms with Gasteiger partial charge in [-0.1, -0.05) is 30.3 Å². The normalized spacial score (nSPS) is 10.8. The topological polar surface area (TPSA) is 78.4 Å². The first-order valence-corrected chi connectivity index (χ1v) is 8.01. The Labute approximate surface area is 148 Å². The number of nitrogens with zero attached hydrogens (tertiary/aromatic N) is 2. The number of nitro benzene ring substituents is 1. The van der Waals surface area contributed by atoms with Gasteiger partial charge in [0.1, 0.15) is 17.9 Å². The number of nitro groups is 1. The summed E-state index contributed by atoms with van der Waals surface area (Å²) in [5, 5.41) is 10.9. The number of aromatic nitrogens is 1. The van der Waals surface area contributed by atoms with Crippen molar-refractivity contribution < 1.29 is 14.1 Å². The van der Waals surface area contributed by atoms with Gasteiger partial charge in [0.25, 0.3) is 5.69 Å². The van der Waals surface area contributed by atoms with Crippen LogP contribution in [0.2, 0.25) is 0 Å². The van der Waals surface area contributed by atoms with Crippen LogP contribution in [0.15, 0.2) is 77.2 Å². The molecule has 0 saturated carbocycles. The van der Waals surface area contributed by atoms with Gasteiger partial charge < -0.3 is 9.15 Å². The van der Waals surface area contributed by atoms with Crippen LogP contribution < -0.4 is 4.74 Å². The Morgan fingerprint density at radius 1 is 1.00 bits per heavy atom. The first-order chi connectivity index (χ1) is 12.7. The minimum absolute atomic E-state index is 0.0233. The molecule has 0 radical (unpaired) electrons. The second kappa shape index (κ2) is 6.68. The van der Waals surface area contributed by atoms with Crippen LogP contribution in [0.5, 0.6) is 5.75 Å². The van der Waals surface area contributed by atoms with E-state index in [1.54, 1.807) is 6.07 Å². The number of ether oxygens (including phenoxy) is 1. The molecule has 4 aromatic rings. The Balaban J connectivity index is 1.53. The highest BCUT2D eigenvalue weighted by atomic mass is 16.6. The van der Waals surface area contributed by atoms with Gasteiger partial charge in [-0.05, 0) is 35.9 Å². The summed E-state index contributed by atoms with van der Waals surface area (Å²) in [6, 6.07) is 21.7. The highest BCUT2D eigenvalue weighted by molar-refractivity contribution is 5.78. The lowest BCUT2D eigenvalue weighted by molar-refractivity contribution is -0.384. The summed E-state index contributed by atoms with van der Waals surface area (Å²) in [5.74, 6) is 1.15. The van der Waals surface area contributed by atoms with Gasteiger partial charge in [-0.15, -0.1) is 0 Å². The Bertz CT molecular complexity index is 1060. The Morgan fingerprint density at radius 2 is 1.77 bits per heavy atom. The molecule has 0 aliphatic rings. The molecule has 3 aromatic carbocycles. The fraction of sp³-hybridized carbons (Fsp3) is 0.0500. The maximum absolute atomic E-state index is 10.9. The molecule has 0 spiro atoms. The summed E-state index contributed by atoms with van der Waals surface area (Å²) in [7, 11) is 0. The number of oxazole rings is 1. The quantitative estimate of drug-likeness (QED) is 0.376. The molecule has 0 bridgehead atoms. The fourth-order valence-electron chi connectivity index (χ4n) is 2.58. The van der Waals surface area contributed by atoms with Gasteiger partial charge in [0.05, 0.1) is 11.0 Å². The lowest BCUT2D eigenvalue weighted by Gasteiger charge is -2.06. The first kappa shape index (κ1) is 15.8. The van der Waals surface area contributed by atoms with Gasteiger partial charge >= 0.3 is 0 Å². The van der Waals surface area contributed by atoms with Crippen molar-refractivity contribution >= 4 is 16.8 Å². The van der Waals surface area contributed by atoms with Crippen LogP contribution in [-0.4, -0.2) is 9.91 Å². The molecule has 0 fully saturated rings. The van der Waals surface area contributed by atoms with E-state index in [2.05, 4.69) is 4.98 Å². The van der Waals surface area contributed by atoms with Gasteiger partial charge in [0.15, 0.2) is 5.58 Å². The molecule has 6 nitrogen and oxygen atoms in total. The SMILES string of the molecule is O=[N+]([O-])c1ccc2nc(-c3ccc(OCc4ccccc4)cc3)oc2c1. The van der Waals surface area contributed by atoms with E-state index in [0.717, 1.165) is 16.9 Å².